The maximum absolute atomic E-state index is 5.37. The topological polar surface area (TPSA) is 41.7 Å². The average Bonchev–Trinajstić information content (AvgIpc) is 3.95. The molecule has 3 heterocycles. The van der Waals surface area contributed by atoms with E-state index in [0.29, 0.717) is 5.84 Å². The minimum absolute atomic E-state index is 0.346. The molecule has 1 aliphatic rings. The van der Waals surface area contributed by atoms with Gasteiger partial charge in [0.15, 0.2) is 5.84 Å². The molecule has 0 spiro atoms. The molecule has 1 N–H and O–H groups in total. The van der Waals surface area contributed by atoms with Gasteiger partial charge in [-0.2, -0.15) is 0 Å². The van der Waals surface area contributed by atoms with Crippen molar-refractivity contribution in [3.05, 3.63) is 259 Å². The maximum Gasteiger partial charge on any atom is 0.159 e. The molecule has 0 amide bonds. The summed E-state index contributed by atoms with van der Waals surface area (Å²) < 4.78 is 5.11. The zero-order chi connectivity index (χ0) is 45.0. The van der Waals surface area contributed by atoms with Crippen LogP contribution in [-0.2, 0) is 0 Å². The Hall–Kier alpha value is -8.64. The molecule has 1 unspecified atom stereocenters. The smallest absolute Gasteiger partial charge is 0.159 e. The highest BCUT2D eigenvalue weighted by Crippen LogP contribution is 2.46. The van der Waals surface area contributed by atoms with Gasteiger partial charge in [-0.25, -0.2) is 9.98 Å². The summed E-state index contributed by atoms with van der Waals surface area (Å²) in [5.41, 5.74) is 15.5. The van der Waals surface area contributed by atoms with Crippen molar-refractivity contribution in [3.8, 4) is 50.2 Å². The van der Waals surface area contributed by atoms with Crippen LogP contribution in [0.2, 0.25) is 0 Å². The Labute approximate surface area is 398 Å². The van der Waals surface area contributed by atoms with Crippen LogP contribution in [0.5, 0.6) is 0 Å². The Morgan fingerprint density at radius 2 is 0.868 bits per heavy atom. The van der Waals surface area contributed by atoms with E-state index in [0.717, 1.165) is 61.5 Å². The fraction of sp³-hybridized carbons (Fsp3) is 0.0159. The molecule has 320 valence electrons. The summed E-state index contributed by atoms with van der Waals surface area (Å²) in [4.78, 5) is 10.6. The van der Waals surface area contributed by atoms with Crippen molar-refractivity contribution < 1.29 is 0 Å². The normalized spacial score (nSPS) is 13.7. The van der Waals surface area contributed by atoms with Gasteiger partial charge in [0, 0.05) is 53.2 Å². The van der Waals surface area contributed by atoms with E-state index in [2.05, 4.69) is 228 Å². The molecule has 0 radical (unpaired) electrons. The Balaban J connectivity index is 1.12. The molecular weight excluding hydrogens is 845 g/mol. The monoisotopic (exact) mass is 886 g/mol. The molecular formula is C63H42N4S. The molecule has 68 heavy (non-hydrogen) atoms. The van der Waals surface area contributed by atoms with Gasteiger partial charge in [-0.15, -0.1) is 11.3 Å². The highest BCUT2D eigenvalue weighted by molar-refractivity contribution is 7.25. The van der Waals surface area contributed by atoms with E-state index in [1.165, 1.54) is 53.2 Å². The van der Waals surface area contributed by atoms with E-state index in [-0.39, 0.29) is 6.17 Å². The second-order valence-electron chi connectivity index (χ2n) is 17.4. The van der Waals surface area contributed by atoms with Crippen LogP contribution < -0.4 is 5.32 Å². The molecule has 0 saturated carbocycles. The highest BCUT2D eigenvalue weighted by Gasteiger charge is 2.26. The molecule has 0 bridgehead atoms. The zero-order valence-electron chi connectivity index (χ0n) is 36.9. The van der Waals surface area contributed by atoms with Gasteiger partial charge < -0.3 is 9.88 Å². The van der Waals surface area contributed by atoms with Crippen molar-refractivity contribution in [3.63, 3.8) is 0 Å². The molecule has 1 atom stereocenters. The summed E-state index contributed by atoms with van der Waals surface area (Å²) in [6, 6.07) is 87.4. The average molecular weight is 887 g/mol. The van der Waals surface area contributed by atoms with E-state index in [1.807, 2.05) is 35.6 Å². The summed E-state index contributed by atoms with van der Waals surface area (Å²) in [6.45, 7) is 0. The van der Waals surface area contributed by atoms with Crippen LogP contribution in [0.4, 0.5) is 0 Å². The third-order valence-corrected chi connectivity index (χ3v) is 14.4. The van der Waals surface area contributed by atoms with E-state index in [9.17, 15) is 0 Å². The van der Waals surface area contributed by atoms with Crippen molar-refractivity contribution >= 4 is 65.0 Å². The van der Waals surface area contributed by atoms with Gasteiger partial charge in [0.1, 0.15) is 12.0 Å². The molecule has 10 aromatic carbocycles. The van der Waals surface area contributed by atoms with Crippen LogP contribution in [0, 0.1) is 0 Å². The van der Waals surface area contributed by atoms with Crippen molar-refractivity contribution in [1.29, 1.82) is 0 Å². The van der Waals surface area contributed by atoms with Crippen molar-refractivity contribution in [1.82, 2.24) is 9.88 Å². The van der Waals surface area contributed by atoms with Crippen LogP contribution >= 0.6 is 11.3 Å². The second-order valence-corrected chi connectivity index (χ2v) is 18.4. The number of aliphatic imine (C=N–C) groups is 2. The molecule has 1 aliphatic heterocycles. The lowest BCUT2D eigenvalue weighted by molar-refractivity contribution is 0.674. The third kappa shape index (κ3) is 7.00. The quantitative estimate of drug-likeness (QED) is 0.162. The summed E-state index contributed by atoms with van der Waals surface area (Å²) in [6.07, 6.45) is -0.346. The van der Waals surface area contributed by atoms with Crippen LogP contribution in [0.25, 0.3) is 92.2 Å². The van der Waals surface area contributed by atoms with Gasteiger partial charge in [-0.05, 0) is 75.3 Å². The Morgan fingerprint density at radius 3 is 1.49 bits per heavy atom. The molecule has 13 rings (SSSR count). The number of aromatic nitrogens is 1. The number of para-hydroxylation sites is 1. The summed E-state index contributed by atoms with van der Waals surface area (Å²) >= 11 is 1.86. The molecule has 4 nitrogen and oxygen atoms in total. The molecule has 0 aliphatic carbocycles. The van der Waals surface area contributed by atoms with Gasteiger partial charge >= 0.3 is 0 Å². The second kappa shape index (κ2) is 16.7. The van der Waals surface area contributed by atoms with E-state index in [1.54, 1.807) is 0 Å². The van der Waals surface area contributed by atoms with E-state index >= 15 is 0 Å². The first-order valence-electron chi connectivity index (χ1n) is 23.1. The van der Waals surface area contributed by atoms with Crippen molar-refractivity contribution in [2.45, 2.75) is 6.17 Å². The van der Waals surface area contributed by atoms with Crippen LogP contribution in [0.3, 0.4) is 0 Å². The summed E-state index contributed by atoms with van der Waals surface area (Å²) in [5.74, 6) is 1.45. The minimum Gasteiger partial charge on any atom is -0.344 e. The number of hydrogen-bond donors (Lipinski definition) is 1. The lowest BCUT2D eigenvalue weighted by Gasteiger charge is -2.26. The number of fused-ring (bicyclic) bond motifs is 6. The summed E-state index contributed by atoms with van der Waals surface area (Å²) in [7, 11) is 0. The van der Waals surface area contributed by atoms with Crippen molar-refractivity contribution in [2.75, 3.05) is 0 Å². The zero-order valence-corrected chi connectivity index (χ0v) is 37.7. The first-order valence-corrected chi connectivity index (χ1v) is 23.9. The standard InChI is InChI=1S/C63H42N4S/c1-5-17-41(18-6-1)43-29-33-45(34-30-43)52-37-49(63-65-61(47-21-9-3-10-22-47)64-62(66-63)48-23-11-4-12-24-48)38-53(46-35-31-44(32-36-46)42-19-7-2-8-20-42)60(52)67-56-27-15-13-25-50(56)54-40-59-55(39-57(54)67)51-26-14-16-28-58(51)68-59/h1-40,61H,(H,64,65,66). The third-order valence-electron chi connectivity index (χ3n) is 13.3. The Morgan fingerprint density at radius 1 is 0.368 bits per heavy atom. The molecule has 5 heteroatoms. The van der Waals surface area contributed by atoms with E-state index in [4.69, 9.17) is 9.98 Å². The largest absolute Gasteiger partial charge is 0.344 e. The van der Waals surface area contributed by atoms with Gasteiger partial charge in [-0.1, -0.05) is 206 Å². The van der Waals surface area contributed by atoms with Crippen molar-refractivity contribution in [2.24, 2.45) is 9.98 Å². The van der Waals surface area contributed by atoms with Gasteiger partial charge in [0.2, 0.25) is 0 Å². The fourth-order valence-electron chi connectivity index (χ4n) is 9.94. The Kier molecular flexibility index (Phi) is 9.73. The molecule has 0 fully saturated rings. The highest BCUT2D eigenvalue weighted by atomic mass is 32.1. The Bertz CT molecular complexity index is 3790. The predicted molar refractivity (Wildman–Crippen MR) is 287 cm³/mol. The number of nitrogens with one attached hydrogen (secondary N) is 1. The number of benzene rings is 10. The number of thiophene rings is 1. The van der Waals surface area contributed by atoms with Crippen LogP contribution in [0.1, 0.15) is 22.9 Å². The van der Waals surface area contributed by atoms with E-state index < -0.39 is 0 Å². The SMILES string of the molecule is c1ccc(C2=NC(c3ccccc3)NC(c3cc(-c4ccc(-c5ccccc5)cc4)c(-n4c5ccccc5c5cc6sc7ccccc7c6cc54)c(-c4ccc(-c5ccccc5)cc4)c3)=N2)cc1. The maximum atomic E-state index is 5.37. The lowest BCUT2D eigenvalue weighted by atomic mass is 9.90. The molecule has 0 saturated heterocycles. The molecule has 12 aromatic rings. The van der Waals surface area contributed by atoms with Crippen LogP contribution in [0.15, 0.2) is 253 Å². The lowest BCUT2D eigenvalue weighted by Crippen LogP contribution is -2.33. The number of hydrogen-bond acceptors (Lipinski definition) is 4. The van der Waals surface area contributed by atoms with Gasteiger partial charge in [-0.3, -0.25) is 0 Å². The first kappa shape index (κ1) is 39.7. The number of rotatable bonds is 8. The van der Waals surface area contributed by atoms with Gasteiger partial charge in [0.05, 0.1) is 16.7 Å². The predicted octanol–water partition coefficient (Wildman–Crippen LogP) is 16.3. The number of nitrogens with zero attached hydrogens (tertiary/aromatic N) is 3. The fourth-order valence-corrected chi connectivity index (χ4v) is 11.1. The van der Waals surface area contributed by atoms with Crippen LogP contribution in [-0.4, -0.2) is 16.2 Å². The number of amidine groups is 2. The van der Waals surface area contributed by atoms with Gasteiger partial charge in [0.25, 0.3) is 0 Å². The first-order chi connectivity index (χ1) is 33.7. The minimum atomic E-state index is -0.346. The molecule has 2 aromatic heterocycles. The summed E-state index contributed by atoms with van der Waals surface area (Å²) in [5, 5.41) is 8.80.